The van der Waals surface area contributed by atoms with E-state index in [0.29, 0.717) is 69.8 Å². The van der Waals surface area contributed by atoms with Crippen LogP contribution in [-0.4, -0.2) is 122 Å². The number of oxazole rings is 2. The van der Waals surface area contributed by atoms with Gasteiger partial charge in [0, 0.05) is 94.0 Å². The third-order valence-corrected chi connectivity index (χ3v) is 12.7. The summed E-state index contributed by atoms with van der Waals surface area (Å²) < 4.78 is 34.6. The lowest BCUT2D eigenvalue weighted by Gasteiger charge is -2.33. The fourth-order valence-electron chi connectivity index (χ4n) is 8.43. The summed E-state index contributed by atoms with van der Waals surface area (Å²) in [7, 11) is 0. The summed E-state index contributed by atoms with van der Waals surface area (Å²) in [6.45, 7) is 19.9. The largest absolute Gasteiger partial charge is 0.478 e. The summed E-state index contributed by atoms with van der Waals surface area (Å²) in [4.78, 5) is 68.5. The second kappa shape index (κ2) is 29.5. The fourth-order valence-corrected chi connectivity index (χ4v) is 8.43. The van der Waals surface area contributed by atoms with Gasteiger partial charge >= 0.3 is 18.2 Å². The molecule has 0 spiro atoms. The van der Waals surface area contributed by atoms with Crippen molar-refractivity contribution in [2.75, 3.05) is 39.4 Å². The van der Waals surface area contributed by atoms with E-state index in [2.05, 4.69) is 25.3 Å². The summed E-state index contributed by atoms with van der Waals surface area (Å²) >= 11 is 0. The number of carboxylic acid groups (broad SMARTS) is 1. The number of amides is 3. The molecule has 0 radical (unpaired) electrons. The molecule has 2 aromatic carbocycles. The van der Waals surface area contributed by atoms with Crippen LogP contribution in [0.3, 0.4) is 0 Å². The highest BCUT2D eigenvalue weighted by atomic mass is 16.6. The number of nitrogens with one attached hydrogen (secondary N) is 1. The van der Waals surface area contributed by atoms with E-state index in [-0.39, 0.29) is 35.9 Å². The molecular formula is C60H78N8O11. The van der Waals surface area contributed by atoms with Crippen molar-refractivity contribution in [2.45, 2.75) is 143 Å². The molecule has 2 aliphatic heterocycles. The topological polar surface area (TPSA) is 248 Å². The minimum Gasteiger partial charge on any atom is -0.478 e. The van der Waals surface area contributed by atoms with Gasteiger partial charge in [-0.25, -0.2) is 24.4 Å². The minimum absolute atomic E-state index is 0.148. The first-order valence-electron chi connectivity index (χ1n) is 27.1. The molecule has 424 valence electrons. The summed E-state index contributed by atoms with van der Waals surface area (Å²) in [5.74, 6) is 1.47. The van der Waals surface area contributed by atoms with E-state index < -0.39 is 17.2 Å². The van der Waals surface area contributed by atoms with Crippen LogP contribution >= 0.6 is 0 Å². The zero-order chi connectivity index (χ0) is 57.0. The van der Waals surface area contributed by atoms with Crippen LogP contribution < -0.4 is 11.1 Å². The Morgan fingerprint density at radius 2 is 1.05 bits per heavy atom. The van der Waals surface area contributed by atoms with Gasteiger partial charge in [0.05, 0.1) is 29.2 Å². The first-order valence-corrected chi connectivity index (χ1v) is 27.1. The van der Waals surface area contributed by atoms with Crippen molar-refractivity contribution < 1.29 is 52.1 Å². The molecule has 4 N–H and O–H groups in total. The number of pyridine rings is 2. The Kier molecular flexibility index (Phi) is 22.7. The normalized spacial score (nSPS) is 14.1. The number of nitrogens with two attached hydrogens (primary N) is 1. The third kappa shape index (κ3) is 20.4. The number of aromatic nitrogens is 4. The van der Waals surface area contributed by atoms with Crippen LogP contribution in [0.2, 0.25) is 0 Å². The molecule has 19 heteroatoms. The predicted molar refractivity (Wildman–Crippen MR) is 298 cm³/mol. The van der Waals surface area contributed by atoms with E-state index in [1.54, 1.807) is 71.0 Å². The van der Waals surface area contributed by atoms with Crippen LogP contribution in [-0.2, 0) is 44.9 Å². The molecule has 2 saturated heterocycles. The van der Waals surface area contributed by atoms with Gasteiger partial charge in [0.15, 0.2) is 0 Å². The molecule has 19 nitrogen and oxygen atoms in total. The van der Waals surface area contributed by atoms with Gasteiger partial charge in [-0.15, -0.1) is 0 Å². The van der Waals surface area contributed by atoms with Crippen molar-refractivity contribution in [3.63, 3.8) is 0 Å². The lowest BCUT2D eigenvalue weighted by atomic mass is 10.1. The number of carbonyl (C=O) groups excluding carboxylic acids is 3. The first kappa shape index (κ1) is 60.7. The van der Waals surface area contributed by atoms with Gasteiger partial charge in [0.1, 0.15) is 22.7 Å². The van der Waals surface area contributed by atoms with E-state index in [4.69, 9.17) is 38.6 Å². The standard InChI is InChI=1S/C30H38N4O5.C24H32N2O6.C6H8N2/c1-21-26(8-6-18-37-25-13-16-34(17-14-25)29(36)39-30(2,3)4)33-28(38-21)24-11-9-23(10-12-24)27(35)32-20-22-7-5-15-31-19-22;1-16-20(25-21(31-16)17-7-9-18(10-8-17)22(27)28)6-5-15-30-19-11-13-26(14-12-19)23(29)32-24(2,3)4;7-4-6-2-1-3-8-5-6/h5,7,9-12,15,19,25H,6,8,13-14,16-18,20H2,1-4H3,(H,32,35);7-10,19H,5-6,11-15H2,1-4H3,(H,27,28);1-3,5H,4,7H2. The monoisotopic (exact) mass is 1090 g/mol. The van der Waals surface area contributed by atoms with Crippen molar-refractivity contribution >= 4 is 24.1 Å². The highest BCUT2D eigenvalue weighted by molar-refractivity contribution is 5.94. The van der Waals surface area contributed by atoms with Crippen molar-refractivity contribution in [1.82, 2.24) is 35.1 Å². The van der Waals surface area contributed by atoms with Crippen LogP contribution in [0.1, 0.15) is 135 Å². The zero-order valence-electron chi connectivity index (χ0n) is 47.0. The second-order valence-electron chi connectivity index (χ2n) is 21.4. The van der Waals surface area contributed by atoms with E-state index in [1.165, 1.54) is 0 Å². The average molecular weight is 1090 g/mol. The molecule has 0 unspecified atom stereocenters. The SMILES string of the molecule is Cc1oc(-c2ccc(C(=O)NCc3cccnc3)cc2)nc1CCCOC1CCN(C(=O)OC(C)(C)C)CC1.Cc1oc(-c2ccc(C(=O)O)cc2)nc1CCCOC1CCN(C(=O)OC(C)(C)C)CC1.NCc1cccnc1. The number of piperidine rings is 2. The van der Waals surface area contributed by atoms with Gasteiger partial charge < -0.3 is 53.7 Å². The van der Waals surface area contributed by atoms with Gasteiger partial charge in [-0.1, -0.05) is 12.1 Å². The summed E-state index contributed by atoms with van der Waals surface area (Å²) in [6, 6.07) is 21.3. The molecule has 6 heterocycles. The van der Waals surface area contributed by atoms with Crippen molar-refractivity contribution in [3.05, 3.63) is 143 Å². The lowest BCUT2D eigenvalue weighted by molar-refractivity contribution is -0.0126. The molecule has 3 amide bonds. The number of rotatable bonds is 17. The Balaban J connectivity index is 0.000000226. The summed E-state index contributed by atoms with van der Waals surface area (Å²) in [5, 5.41) is 11.9. The van der Waals surface area contributed by atoms with Crippen molar-refractivity contribution in [3.8, 4) is 22.9 Å². The Morgan fingerprint density at radius 1 is 0.633 bits per heavy atom. The smallest absolute Gasteiger partial charge is 0.410 e. The van der Waals surface area contributed by atoms with E-state index in [0.717, 1.165) is 96.5 Å². The predicted octanol–water partition coefficient (Wildman–Crippen LogP) is 10.6. The molecule has 0 saturated carbocycles. The zero-order valence-corrected chi connectivity index (χ0v) is 47.0. The van der Waals surface area contributed by atoms with Gasteiger partial charge in [0.25, 0.3) is 5.91 Å². The number of hydrogen-bond donors (Lipinski definition) is 3. The van der Waals surface area contributed by atoms with Crippen LogP contribution in [0, 0.1) is 13.8 Å². The minimum atomic E-state index is -0.962. The van der Waals surface area contributed by atoms with Crippen molar-refractivity contribution in [2.24, 2.45) is 5.73 Å². The molecule has 8 rings (SSSR count). The molecule has 79 heavy (non-hydrogen) atoms. The van der Waals surface area contributed by atoms with Crippen LogP contribution in [0.5, 0.6) is 0 Å². The third-order valence-electron chi connectivity index (χ3n) is 12.7. The number of benzene rings is 2. The van der Waals surface area contributed by atoms with Crippen LogP contribution in [0.15, 0.2) is 106 Å². The van der Waals surface area contributed by atoms with E-state index in [1.807, 2.05) is 91.8 Å². The maximum Gasteiger partial charge on any atom is 0.410 e. The number of likely N-dealkylation sites (tertiary alicyclic amines) is 2. The van der Waals surface area contributed by atoms with Gasteiger partial charge in [-0.05, 0) is 179 Å². The molecule has 6 aromatic rings. The first-order chi connectivity index (χ1) is 37.7. The molecule has 0 bridgehead atoms. The number of ether oxygens (including phenoxy) is 4. The highest BCUT2D eigenvalue weighted by Crippen LogP contribution is 2.26. The summed E-state index contributed by atoms with van der Waals surface area (Å²) in [6.07, 6.45) is 13.1. The lowest BCUT2D eigenvalue weighted by Crippen LogP contribution is -2.43. The Hall–Kier alpha value is -7.48. The quantitative estimate of drug-likeness (QED) is 0.0719. The van der Waals surface area contributed by atoms with Crippen molar-refractivity contribution in [1.29, 1.82) is 0 Å². The van der Waals surface area contributed by atoms with E-state index in [9.17, 15) is 19.2 Å². The van der Waals surface area contributed by atoms with Gasteiger partial charge in [0.2, 0.25) is 11.8 Å². The molecule has 0 aliphatic carbocycles. The van der Waals surface area contributed by atoms with Gasteiger partial charge in [-0.3, -0.25) is 14.8 Å². The maximum atomic E-state index is 12.5. The van der Waals surface area contributed by atoms with Crippen LogP contribution in [0.25, 0.3) is 22.9 Å². The van der Waals surface area contributed by atoms with Gasteiger partial charge in [-0.2, -0.15) is 0 Å². The highest BCUT2D eigenvalue weighted by Gasteiger charge is 2.29. The number of carbonyl (C=O) groups is 4. The summed E-state index contributed by atoms with van der Waals surface area (Å²) in [5.41, 5.74) is 10.5. The average Bonchev–Trinajstić information content (AvgIpc) is 4.03. The number of aromatic carboxylic acids is 1. The molecular weight excluding hydrogens is 1010 g/mol. The Labute approximate surface area is 463 Å². The van der Waals surface area contributed by atoms with E-state index >= 15 is 0 Å². The molecule has 2 fully saturated rings. The Bertz CT molecular complexity index is 2830. The molecule has 0 atom stereocenters. The fraction of sp³-hybridized carbons (Fsp3) is 0.467. The number of carboxylic acids is 1. The van der Waals surface area contributed by atoms with Crippen LogP contribution in [0.4, 0.5) is 9.59 Å². The number of aryl methyl sites for hydroxylation is 4. The Morgan fingerprint density at radius 3 is 1.42 bits per heavy atom. The second-order valence-corrected chi connectivity index (χ2v) is 21.4. The number of hydrogen-bond acceptors (Lipinski definition) is 15. The molecule has 4 aromatic heterocycles. The number of nitrogens with zero attached hydrogens (tertiary/aromatic N) is 6. The molecule has 2 aliphatic rings. The maximum absolute atomic E-state index is 12.5.